The molecule has 0 bridgehead atoms. The highest BCUT2D eigenvalue weighted by atomic mass is 16.5. The fourth-order valence-corrected chi connectivity index (χ4v) is 6.24. The van der Waals surface area contributed by atoms with E-state index in [1.54, 1.807) is 13.3 Å². The molecular formula is C37H23N3O3. The molecule has 6 nitrogen and oxygen atoms in total. The molecule has 0 radical (unpaired) electrons. The average Bonchev–Trinajstić information content (AvgIpc) is 3.76. The van der Waals surface area contributed by atoms with Crippen LogP contribution in [0.4, 0.5) is 0 Å². The molecule has 0 N–H and O–H groups in total. The lowest BCUT2D eigenvalue weighted by atomic mass is 9.98. The van der Waals surface area contributed by atoms with Crippen molar-refractivity contribution in [2.24, 2.45) is 0 Å². The number of ether oxygens (including phenoxy) is 1. The van der Waals surface area contributed by atoms with Gasteiger partial charge in [-0.3, -0.25) is 4.57 Å². The van der Waals surface area contributed by atoms with Crippen LogP contribution in [0.2, 0.25) is 0 Å². The number of hydrogen-bond acceptors (Lipinski definition) is 5. The van der Waals surface area contributed by atoms with E-state index in [0.717, 1.165) is 77.6 Å². The molecular weight excluding hydrogens is 534 g/mol. The minimum Gasteiger partial charge on any atom is -0.479 e. The summed E-state index contributed by atoms with van der Waals surface area (Å²) >= 11 is 0. The standard InChI is InChI=1S/C37H23N3O3/c1-41-37-33-29(19-20-38-37)40(36(39-33)23-9-3-2-4-10-23)24-17-15-22(16-18-24)27-21-28-25-11-5-7-13-30(25)42-35(28)32-26-12-6-8-14-31(26)43-34(27)32/h2-21H,1H3. The monoisotopic (exact) mass is 557 g/mol. The van der Waals surface area contributed by atoms with Crippen LogP contribution in [0, 0.1) is 0 Å². The minimum absolute atomic E-state index is 0.498. The van der Waals surface area contributed by atoms with Crippen LogP contribution < -0.4 is 4.74 Å². The Balaban J connectivity index is 1.28. The number of benzene rings is 5. The molecule has 0 atom stereocenters. The molecule has 4 heterocycles. The molecule has 0 aliphatic carbocycles. The Kier molecular flexibility index (Phi) is 5.01. The zero-order valence-electron chi connectivity index (χ0n) is 23.1. The van der Waals surface area contributed by atoms with E-state index >= 15 is 0 Å². The van der Waals surface area contributed by atoms with Gasteiger partial charge in [0.05, 0.1) is 18.0 Å². The van der Waals surface area contributed by atoms with Crippen LogP contribution in [0.15, 0.2) is 130 Å². The quantitative estimate of drug-likeness (QED) is 0.216. The summed E-state index contributed by atoms with van der Waals surface area (Å²) in [7, 11) is 1.62. The Bertz CT molecular complexity index is 2490. The molecule has 9 aromatic rings. The van der Waals surface area contributed by atoms with Gasteiger partial charge in [-0.2, -0.15) is 0 Å². The molecule has 0 amide bonds. The van der Waals surface area contributed by atoms with E-state index in [1.807, 2.05) is 60.7 Å². The van der Waals surface area contributed by atoms with Gasteiger partial charge < -0.3 is 13.6 Å². The average molecular weight is 558 g/mol. The van der Waals surface area contributed by atoms with E-state index in [4.69, 9.17) is 18.6 Å². The van der Waals surface area contributed by atoms with Crippen LogP contribution in [0.5, 0.6) is 5.88 Å². The zero-order chi connectivity index (χ0) is 28.5. The summed E-state index contributed by atoms with van der Waals surface area (Å²) in [5.74, 6) is 1.32. The highest BCUT2D eigenvalue weighted by molar-refractivity contribution is 6.25. The molecule has 0 aliphatic rings. The molecule has 0 spiro atoms. The maximum atomic E-state index is 6.51. The van der Waals surface area contributed by atoms with Gasteiger partial charge >= 0.3 is 0 Å². The lowest BCUT2D eigenvalue weighted by molar-refractivity contribution is 0.402. The third-order valence-corrected chi connectivity index (χ3v) is 8.19. The van der Waals surface area contributed by atoms with E-state index in [2.05, 4.69) is 64.1 Å². The van der Waals surface area contributed by atoms with Crippen LogP contribution in [0.25, 0.3) is 83.1 Å². The van der Waals surface area contributed by atoms with Gasteiger partial charge in [-0.25, -0.2) is 9.97 Å². The van der Waals surface area contributed by atoms with Crippen molar-refractivity contribution in [3.05, 3.63) is 121 Å². The van der Waals surface area contributed by atoms with Gasteiger partial charge in [0.1, 0.15) is 28.2 Å². The first-order valence-corrected chi connectivity index (χ1v) is 14.1. The summed E-state index contributed by atoms with van der Waals surface area (Å²) < 4.78 is 20.6. The summed E-state index contributed by atoms with van der Waals surface area (Å²) in [5, 5.41) is 4.19. The van der Waals surface area contributed by atoms with Crippen molar-refractivity contribution >= 4 is 54.9 Å². The fraction of sp³-hybridized carbons (Fsp3) is 0.0270. The third-order valence-electron chi connectivity index (χ3n) is 8.19. The van der Waals surface area contributed by atoms with Crippen molar-refractivity contribution in [2.75, 3.05) is 7.11 Å². The van der Waals surface area contributed by atoms with Gasteiger partial charge in [0, 0.05) is 39.2 Å². The van der Waals surface area contributed by atoms with Crippen molar-refractivity contribution in [2.45, 2.75) is 0 Å². The second-order valence-corrected chi connectivity index (χ2v) is 10.6. The summed E-state index contributed by atoms with van der Waals surface area (Å²) in [6.07, 6.45) is 1.76. The molecule has 204 valence electrons. The van der Waals surface area contributed by atoms with Crippen LogP contribution >= 0.6 is 0 Å². The van der Waals surface area contributed by atoms with Gasteiger partial charge in [0.2, 0.25) is 5.88 Å². The first kappa shape index (κ1) is 23.8. The second-order valence-electron chi connectivity index (χ2n) is 10.6. The lowest BCUT2D eigenvalue weighted by Crippen LogP contribution is -1.97. The normalized spacial score (nSPS) is 11.8. The maximum Gasteiger partial charge on any atom is 0.241 e. The van der Waals surface area contributed by atoms with Gasteiger partial charge in [-0.05, 0) is 42.0 Å². The van der Waals surface area contributed by atoms with Crippen LogP contribution in [0.1, 0.15) is 0 Å². The molecule has 0 aliphatic heterocycles. The van der Waals surface area contributed by atoms with Crippen molar-refractivity contribution < 1.29 is 13.6 Å². The molecule has 43 heavy (non-hydrogen) atoms. The number of pyridine rings is 1. The van der Waals surface area contributed by atoms with Crippen molar-refractivity contribution in [3.8, 4) is 34.1 Å². The summed E-state index contributed by atoms with van der Waals surface area (Å²) in [5.41, 5.74) is 9.05. The number of hydrogen-bond donors (Lipinski definition) is 0. The number of aromatic nitrogens is 3. The summed E-state index contributed by atoms with van der Waals surface area (Å²) in [4.78, 5) is 9.38. The summed E-state index contributed by atoms with van der Waals surface area (Å²) in [6, 6.07) is 39.2. The number of fused-ring (bicyclic) bond motifs is 8. The number of furan rings is 2. The molecule has 5 aromatic carbocycles. The second kappa shape index (κ2) is 9.06. The van der Waals surface area contributed by atoms with Crippen molar-refractivity contribution in [3.63, 3.8) is 0 Å². The number of nitrogens with zero attached hydrogens (tertiary/aromatic N) is 3. The van der Waals surface area contributed by atoms with E-state index < -0.39 is 0 Å². The molecule has 0 saturated heterocycles. The zero-order valence-corrected chi connectivity index (χ0v) is 23.1. The predicted molar refractivity (Wildman–Crippen MR) is 171 cm³/mol. The van der Waals surface area contributed by atoms with E-state index in [9.17, 15) is 0 Å². The molecule has 0 fully saturated rings. The Morgan fingerprint density at radius 1 is 0.651 bits per heavy atom. The topological polar surface area (TPSA) is 66.2 Å². The predicted octanol–water partition coefficient (Wildman–Crippen LogP) is 9.56. The highest BCUT2D eigenvalue weighted by Crippen LogP contribution is 2.44. The first-order chi connectivity index (χ1) is 21.3. The minimum atomic E-state index is 0.498. The van der Waals surface area contributed by atoms with Crippen LogP contribution in [0.3, 0.4) is 0 Å². The number of imidazole rings is 1. The van der Waals surface area contributed by atoms with E-state index in [1.165, 1.54) is 0 Å². The number of rotatable bonds is 4. The highest BCUT2D eigenvalue weighted by Gasteiger charge is 2.21. The largest absolute Gasteiger partial charge is 0.479 e. The number of methoxy groups -OCH3 is 1. The van der Waals surface area contributed by atoms with Gasteiger partial charge in [-0.15, -0.1) is 0 Å². The van der Waals surface area contributed by atoms with Crippen molar-refractivity contribution in [1.82, 2.24) is 14.5 Å². The first-order valence-electron chi connectivity index (χ1n) is 14.1. The lowest BCUT2D eigenvalue weighted by Gasteiger charge is -2.11. The van der Waals surface area contributed by atoms with Gasteiger partial charge in [-0.1, -0.05) is 78.9 Å². The summed E-state index contributed by atoms with van der Waals surface area (Å²) in [6.45, 7) is 0. The Labute approximate surface area is 245 Å². The van der Waals surface area contributed by atoms with E-state index in [0.29, 0.717) is 11.4 Å². The maximum absolute atomic E-state index is 6.51. The molecule has 4 aromatic heterocycles. The number of para-hydroxylation sites is 2. The van der Waals surface area contributed by atoms with Crippen molar-refractivity contribution in [1.29, 1.82) is 0 Å². The molecule has 0 unspecified atom stereocenters. The van der Waals surface area contributed by atoms with Crippen LogP contribution in [-0.2, 0) is 0 Å². The SMILES string of the molecule is COc1nccc2c1nc(-c1ccccc1)n2-c1ccc(-c2cc3c4ccccc4oc3c3c2oc2ccccc23)cc1. The third kappa shape index (κ3) is 3.47. The Morgan fingerprint density at radius 2 is 1.35 bits per heavy atom. The van der Waals surface area contributed by atoms with E-state index in [-0.39, 0.29) is 0 Å². The molecule has 0 saturated carbocycles. The molecule has 9 rings (SSSR count). The van der Waals surface area contributed by atoms with Crippen LogP contribution in [-0.4, -0.2) is 21.6 Å². The molecule has 6 heteroatoms. The van der Waals surface area contributed by atoms with Gasteiger partial charge in [0.25, 0.3) is 0 Å². The Hall–Kier alpha value is -5.88. The fourth-order valence-electron chi connectivity index (χ4n) is 6.24. The van der Waals surface area contributed by atoms with Gasteiger partial charge in [0.15, 0.2) is 5.52 Å². The Morgan fingerprint density at radius 3 is 2.14 bits per heavy atom. The smallest absolute Gasteiger partial charge is 0.241 e.